The van der Waals surface area contributed by atoms with Crippen LogP contribution in [0.3, 0.4) is 0 Å². The van der Waals surface area contributed by atoms with Crippen LogP contribution < -0.4 is 5.32 Å². The summed E-state index contributed by atoms with van der Waals surface area (Å²) < 4.78 is 4.36. The fourth-order valence-corrected chi connectivity index (χ4v) is 1.82. The highest BCUT2D eigenvalue weighted by Gasteiger charge is 2.12. The van der Waals surface area contributed by atoms with Crippen LogP contribution in [0.4, 0.5) is 0 Å². The maximum Gasteiger partial charge on any atom is 0.325 e. The molecule has 0 spiro atoms. The molecule has 76 valence electrons. The van der Waals surface area contributed by atoms with E-state index in [0.717, 1.165) is 0 Å². The van der Waals surface area contributed by atoms with Crippen molar-refractivity contribution in [3.63, 3.8) is 0 Å². The molecule has 14 heavy (non-hydrogen) atoms. The Labute approximate surface area is 89.8 Å². The lowest BCUT2D eigenvalue weighted by Gasteiger charge is -2.01. The molecule has 0 bridgehead atoms. The topological polar surface area (TPSA) is 55.4 Å². The number of esters is 1. The SMILES string of the molecule is COC(=O)CNC(=O)c1sccc1Cl. The number of nitrogens with one attached hydrogen (secondary N) is 1. The third-order valence-corrected chi connectivity index (χ3v) is 2.78. The number of methoxy groups -OCH3 is 1. The smallest absolute Gasteiger partial charge is 0.325 e. The van der Waals surface area contributed by atoms with E-state index in [9.17, 15) is 9.59 Å². The number of hydrogen-bond donors (Lipinski definition) is 1. The molecule has 1 aromatic heterocycles. The molecule has 0 aromatic carbocycles. The zero-order chi connectivity index (χ0) is 10.6. The summed E-state index contributed by atoms with van der Waals surface area (Å²) in [5.41, 5.74) is 0. The minimum atomic E-state index is -0.494. The molecular formula is C8H8ClNO3S. The van der Waals surface area contributed by atoms with E-state index >= 15 is 0 Å². The molecule has 0 radical (unpaired) electrons. The van der Waals surface area contributed by atoms with Gasteiger partial charge >= 0.3 is 5.97 Å². The van der Waals surface area contributed by atoms with E-state index in [-0.39, 0.29) is 12.5 Å². The van der Waals surface area contributed by atoms with Gasteiger partial charge in [0.15, 0.2) is 0 Å². The maximum absolute atomic E-state index is 11.4. The van der Waals surface area contributed by atoms with E-state index in [1.165, 1.54) is 18.4 Å². The van der Waals surface area contributed by atoms with Gasteiger partial charge in [0.2, 0.25) is 0 Å². The van der Waals surface area contributed by atoms with Crippen LogP contribution in [-0.4, -0.2) is 25.5 Å². The first-order chi connectivity index (χ1) is 6.65. The zero-order valence-corrected chi connectivity index (χ0v) is 8.95. The molecule has 0 saturated carbocycles. The molecule has 0 aliphatic rings. The molecule has 1 N–H and O–H groups in total. The van der Waals surface area contributed by atoms with Crippen LogP contribution in [0.15, 0.2) is 11.4 Å². The number of carbonyl (C=O) groups is 2. The number of amides is 1. The molecule has 6 heteroatoms. The molecule has 0 aliphatic heterocycles. The highest BCUT2D eigenvalue weighted by molar-refractivity contribution is 7.12. The average Bonchev–Trinajstić information content (AvgIpc) is 2.60. The summed E-state index contributed by atoms with van der Waals surface area (Å²) in [7, 11) is 1.26. The minimum absolute atomic E-state index is 0.149. The van der Waals surface area contributed by atoms with Gasteiger partial charge in [-0.2, -0.15) is 0 Å². The predicted molar refractivity (Wildman–Crippen MR) is 53.7 cm³/mol. The van der Waals surface area contributed by atoms with E-state index in [0.29, 0.717) is 9.90 Å². The number of carbonyl (C=O) groups excluding carboxylic acids is 2. The van der Waals surface area contributed by atoms with Crippen molar-refractivity contribution in [1.82, 2.24) is 5.32 Å². The van der Waals surface area contributed by atoms with E-state index in [1.54, 1.807) is 11.4 Å². The van der Waals surface area contributed by atoms with Gasteiger partial charge in [-0.3, -0.25) is 9.59 Å². The van der Waals surface area contributed by atoms with Gasteiger partial charge in [0, 0.05) is 0 Å². The first-order valence-corrected chi connectivity index (χ1v) is 4.99. The quantitative estimate of drug-likeness (QED) is 0.801. The highest BCUT2D eigenvalue weighted by atomic mass is 35.5. The Balaban J connectivity index is 2.52. The molecule has 0 unspecified atom stereocenters. The molecule has 0 fully saturated rings. The largest absolute Gasteiger partial charge is 0.468 e. The van der Waals surface area contributed by atoms with Gasteiger partial charge in [-0.05, 0) is 11.4 Å². The first kappa shape index (κ1) is 11.0. The normalized spacial score (nSPS) is 9.57. The summed E-state index contributed by atoms with van der Waals surface area (Å²) in [6.07, 6.45) is 0. The van der Waals surface area contributed by atoms with Crippen LogP contribution in [0.1, 0.15) is 9.67 Å². The summed E-state index contributed by atoms with van der Waals surface area (Å²) in [5.74, 6) is -0.860. The Bertz CT molecular complexity index is 350. The Morgan fingerprint density at radius 3 is 2.86 bits per heavy atom. The van der Waals surface area contributed by atoms with Crippen molar-refractivity contribution in [3.8, 4) is 0 Å². The fraction of sp³-hybridized carbons (Fsp3) is 0.250. The van der Waals surface area contributed by atoms with E-state index < -0.39 is 5.97 Å². The van der Waals surface area contributed by atoms with Crippen LogP contribution in [-0.2, 0) is 9.53 Å². The molecule has 0 atom stereocenters. The van der Waals surface area contributed by atoms with Crippen LogP contribution in [0.2, 0.25) is 5.02 Å². The van der Waals surface area contributed by atoms with E-state index in [2.05, 4.69) is 10.1 Å². The molecule has 4 nitrogen and oxygen atoms in total. The summed E-state index contributed by atoms with van der Waals surface area (Å²) >= 11 is 6.94. The number of halogens is 1. The zero-order valence-electron chi connectivity index (χ0n) is 7.37. The van der Waals surface area contributed by atoms with Crippen molar-refractivity contribution in [2.24, 2.45) is 0 Å². The van der Waals surface area contributed by atoms with Gasteiger partial charge in [-0.15, -0.1) is 11.3 Å². The Hall–Kier alpha value is -1.07. The lowest BCUT2D eigenvalue weighted by atomic mass is 10.4. The molecule has 0 saturated heterocycles. The second-order valence-electron chi connectivity index (χ2n) is 2.36. The summed E-state index contributed by atoms with van der Waals surface area (Å²) in [4.78, 5) is 22.5. The summed E-state index contributed by atoms with van der Waals surface area (Å²) in [6, 6.07) is 1.62. The average molecular weight is 234 g/mol. The summed E-state index contributed by atoms with van der Waals surface area (Å²) in [6.45, 7) is -0.149. The highest BCUT2D eigenvalue weighted by Crippen LogP contribution is 2.21. The van der Waals surface area contributed by atoms with Gasteiger partial charge < -0.3 is 10.1 Å². The van der Waals surface area contributed by atoms with E-state index in [1.807, 2.05) is 0 Å². The second-order valence-corrected chi connectivity index (χ2v) is 3.68. The van der Waals surface area contributed by atoms with Crippen LogP contribution >= 0.6 is 22.9 Å². The van der Waals surface area contributed by atoms with Gasteiger partial charge in [-0.1, -0.05) is 11.6 Å². The van der Waals surface area contributed by atoms with Crippen molar-refractivity contribution in [1.29, 1.82) is 0 Å². The monoisotopic (exact) mass is 233 g/mol. The molecule has 0 aliphatic carbocycles. The second kappa shape index (κ2) is 4.97. The Kier molecular flexibility index (Phi) is 3.91. The van der Waals surface area contributed by atoms with Crippen LogP contribution in [0.5, 0.6) is 0 Å². The van der Waals surface area contributed by atoms with Crippen molar-refractivity contribution in [2.75, 3.05) is 13.7 Å². The lowest BCUT2D eigenvalue weighted by Crippen LogP contribution is -2.29. The Morgan fingerprint density at radius 1 is 1.64 bits per heavy atom. The number of rotatable bonds is 3. The molecule has 1 amide bonds. The third kappa shape index (κ3) is 2.71. The summed E-state index contributed by atoms with van der Waals surface area (Å²) in [5, 5.41) is 4.48. The van der Waals surface area contributed by atoms with Crippen LogP contribution in [0.25, 0.3) is 0 Å². The van der Waals surface area contributed by atoms with Crippen molar-refractivity contribution in [3.05, 3.63) is 21.3 Å². The van der Waals surface area contributed by atoms with Gasteiger partial charge in [-0.25, -0.2) is 0 Å². The van der Waals surface area contributed by atoms with Crippen molar-refractivity contribution < 1.29 is 14.3 Å². The number of hydrogen-bond acceptors (Lipinski definition) is 4. The predicted octanol–water partition coefficient (Wildman–Crippen LogP) is 1.30. The number of ether oxygens (including phenoxy) is 1. The molecular weight excluding hydrogens is 226 g/mol. The fourth-order valence-electron chi connectivity index (χ4n) is 0.761. The minimum Gasteiger partial charge on any atom is -0.468 e. The van der Waals surface area contributed by atoms with Crippen molar-refractivity contribution >= 4 is 34.8 Å². The van der Waals surface area contributed by atoms with E-state index in [4.69, 9.17) is 11.6 Å². The van der Waals surface area contributed by atoms with Crippen molar-refractivity contribution in [2.45, 2.75) is 0 Å². The maximum atomic E-state index is 11.4. The van der Waals surface area contributed by atoms with Crippen LogP contribution in [0, 0.1) is 0 Å². The molecule has 1 rings (SSSR count). The first-order valence-electron chi connectivity index (χ1n) is 3.73. The standard InChI is InChI=1S/C8H8ClNO3S/c1-13-6(11)4-10-8(12)7-5(9)2-3-14-7/h2-3H,4H2,1H3,(H,10,12). The van der Waals surface area contributed by atoms with Gasteiger partial charge in [0.1, 0.15) is 11.4 Å². The number of thiophene rings is 1. The lowest BCUT2D eigenvalue weighted by molar-refractivity contribution is -0.139. The van der Waals surface area contributed by atoms with Gasteiger partial charge in [0.25, 0.3) is 5.91 Å². The Morgan fingerprint density at radius 2 is 2.36 bits per heavy atom. The molecule has 1 aromatic rings. The third-order valence-electron chi connectivity index (χ3n) is 1.44. The van der Waals surface area contributed by atoms with Gasteiger partial charge in [0.05, 0.1) is 12.1 Å². The molecule has 1 heterocycles.